The molecule has 0 bridgehead atoms. The second-order valence-electron chi connectivity index (χ2n) is 2.41. The highest BCUT2D eigenvalue weighted by atomic mass is 79.9. The van der Waals surface area contributed by atoms with Crippen molar-refractivity contribution in [1.82, 2.24) is 15.0 Å². The second-order valence-corrected chi connectivity index (χ2v) is 3.17. The highest BCUT2D eigenvalue weighted by Gasteiger charge is 2.09. The SMILES string of the molecule is O=C(O)c1cc2c(Br)ncnc2[nH]1. The lowest BCUT2D eigenvalue weighted by molar-refractivity contribution is 0.0691. The summed E-state index contributed by atoms with van der Waals surface area (Å²) >= 11 is 3.20. The Morgan fingerprint density at radius 3 is 2.92 bits per heavy atom. The summed E-state index contributed by atoms with van der Waals surface area (Å²) in [5.74, 6) is -1.01. The first kappa shape index (κ1) is 8.18. The lowest BCUT2D eigenvalue weighted by Crippen LogP contribution is -1.94. The van der Waals surface area contributed by atoms with Gasteiger partial charge in [-0.15, -0.1) is 0 Å². The number of carboxylic acid groups (broad SMARTS) is 1. The lowest BCUT2D eigenvalue weighted by atomic mass is 10.4. The number of hydrogen-bond donors (Lipinski definition) is 2. The van der Waals surface area contributed by atoms with Gasteiger partial charge in [0.05, 0.1) is 5.39 Å². The standard InChI is InChI=1S/C7H4BrN3O2/c8-5-3-1-4(7(12)13)11-6(3)10-2-9-5/h1-2H,(H,12,13)(H,9,10,11). The molecule has 2 heterocycles. The predicted octanol–water partition coefficient (Wildman–Crippen LogP) is 1.42. The van der Waals surface area contributed by atoms with Gasteiger partial charge < -0.3 is 10.1 Å². The van der Waals surface area contributed by atoms with Crippen molar-refractivity contribution in [3.05, 3.63) is 22.7 Å². The Morgan fingerprint density at radius 1 is 1.54 bits per heavy atom. The van der Waals surface area contributed by atoms with Gasteiger partial charge in [0, 0.05) is 0 Å². The smallest absolute Gasteiger partial charge is 0.352 e. The van der Waals surface area contributed by atoms with Gasteiger partial charge in [-0.25, -0.2) is 14.8 Å². The molecule has 0 unspecified atom stereocenters. The summed E-state index contributed by atoms with van der Waals surface area (Å²) in [6, 6.07) is 1.49. The first-order valence-electron chi connectivity index (χ1n) is 3.41. The van der Waals surface area contributed by atoms with Gasteiger partial charge in [0.25, 0.3) is 0 Å². The molecule has 2 aromatic rings. The molecule has 0 aliphatic carbocycles. The van der Waals surface area contributed by atoms with Crippen LogP contribution in [0.2, 0.25) is 0 Å². The van der Waals surface area contributed by atoms with E-state index in [1.54, 1.807) is 0 Å². The number of nitrogens with one attached hydrogen (secondary N) is 1. The number of fused-ring (bicyclic) bond motifs is 1. The van der Waals surface area contributed by atoms with Crippen LogP contribution in [0.25, 0.3) is 11.0 Å². The van der Waals surface area contributed by atoms with E-state index in [0.717, 1.165) is 0 Å². The lowest BCUT2D eigenvalue weighted by Gasteiger charge is -1.88. The monoisotopic (exact) mass is 241 g/mol. The highest BCUT2D eigenvalue weighted by molar-refractivity contribution is 9.10. The highest BCUT2D eigenvalue weighted by Crippen LogP contribution is 2.20. The third kappa shape index (κ3) is 1.29. The molecule has 0 aliphatic rings. The molecule has 0 atom stereocenters. The van der Waals surface area contributed by atoms with E-state index in [1.165, 1.54) is 12.4 Å². The van der Waals surface area contributed by atoms with Crippen LogP contribution in [-0.2, 0) is 0 Å². The van der Waals surface area contributed by atoms with Crippen molar-refractivity contribution in [2.75, 3.05) is 0 Å². The third-order valence-corrected chi connectivity index (χ3v) is 2.24. The fourth-order valence-electron chi connectivity index (χ4n) is 1.02. The van der Waals surface area contributed by atoms with Crippen LogP contribution in [0.5, 0.6) is 0 Å². The van der Waals surface area contributed by atoms with E-state index in [9.17, 15) is 4.79 Å². The maximum absolute atomic E-state index is 10.6. The average Bonchev–Trinajstić information content (AvgIpc) is 2.49. The van der Waals surface area contributed by atoms with Crippen LogP contribution in [-0.4, -0.2) is 26.0 Å². The normalized spacial score (nSPS) is 10.5. The summed E-state index contributed by atoms with van der Waals surface area (Å²) in [5, 5.41) is 9.35. The molecule has 13 heavy (non-hydrogen) atoms. The van der Waals surface area contributed by atoms with Gasteiger partial charge in [-0.3, -0.25) is 0 Å². The molecule has 0 saturated carbocycles. The van der Waals surface area contributed by atoms with Crippen LogP contribution in [0, 0.1) is 0 Å². The minimum absolute atomic E-state index is 0.108. The zero-order valence-corrected chi connectivity index (χ0v) is 7.87. The van der Waals surface area contributed by atoms with Crippen molar-refractivity contribution in [2.45, 2.75) is 0 Å². The Bertz CT molecular complexity index is 480. The molecule has 0 aliphatic heterocycles. The first-order chi connectivity index (χ1) is 6.18. The van der Waals surface area contributed by atoms with Gasteiger partial charge >= 0.3 is 5.97 Å². The molecule has 0 radical (unpaired) electrons. The number of hydrogen-bond acceptors (Lipinski definition) is 3. The summed E-state index contributed by atoms with van der Waals surface area (Å²) < 4.78 is 0.584. The van der Waals surface area contributed by atoms with Gasteiger partial charge in [0.2, 0.25) is 0 Å². The summed E-state index contributed by atoms with van der Waals surface area (Å²) in [5.41, 5.74) is 0.621. The van der Waals surface area contributed by atoms with Crippen molar-refractivity contribution in [3.8, 4) is 0 Å². The molecular formula is C7H4BrN3O2. The molecule has 6 heteroatoms. The number of carboxylic acids is 1. The van der Waals surface area contributed by atoms with E-state index in [0.29, 0.717) is 15.6 Å². The molecule has 0 spiro atoms. The van der Waals surface area contributed by atoms with Crippen molar-refractivity contribution in [2.24, 2.45) is 0 Å². The van der Waals surface area contributed by atoms with Crippen molar-refractivity contribution in [1.29, 1.82) is 0 Å². The molecule has 0 aromatic carbocycles. The largest absolute Gasteiger partial charge is 0.477 e. The van der Waals surface area contributed by atoms with E-state index < -0.39 is 5.97 Å². The number of aromatic amines is 1. The molecule has 2 rings (SSSR count). The molecule has 0 saturated heterocycles. The topological polar surface area (TPSA) is 78.9 Å². The van der Waals surface area contributed by atoms with E-state index >= 15 is 0 Å². The fraction of sp³-hybridized carbons (Fsp3) is 0. The second kappa shape index (κ2) is 2.81. The van der Waals surface area contributed by atoms with Crippen LogP contribution in [0.3, 0.4) is 0 Å². The molecule has 0 fully saturated rings. The maximum atomic E-state index is 10.6. The van der Waals surface area contributed by atoms with E-state index in [1.807, 2.05) is 0 Å². The Labute approximate surface area is 80.9 Å². The number of aromatic nitrogens is 3. The Kier molecular flexibility index (Phi) is 1.77. The van der Waals surface area contributed by atoms with Crippen LogP contribution in [0.4, 0.5) is 0 Å². The molecule has 2 aromatic heterocycles. The van der Waals surface area contributed by atoms with Crippen LogP contribution >= 0.6 is 15.9 Å². The van der Waals surface area contributed by atoms with E-state index in [-0.39, 0.29) is 5.69 Å². The van der Waals surface area contributed by atoms with Crippen molar-refractivity contribution >= 4 is 32.9 Å². The number of H-pyrrole nitrogens is 1. The zero-order chi connectivity index (χ0) is 9.42. The van der Waals surface area contributed by atoms with Gasteiger partial charge in [0.15, 0.2) is 0 Å². The molecule has 2 N–H and O–H groups in total. The number of carbonyl (C=O) groups is 1. The Balaban J connectivity index is 2.75. The zero-order valence-electron chi connectivity index (χ0n) is 6.28. The van der Waals surface area contributed by atoms with Crippen molar-refractivity contribution < 1.29 is 9.90 Å². The Morgan fingerprint density at radius 2 is 2.31 bits per heavy atom. The van der Waals surface area contributed by atoms with Gasteiger partial charge in [-0.2, -0.15) is 0 Å². The quantitative estimate of drug-likeness (QED) is 0.741. The number of halogens is 1. The molecule has 66 valence electrons. The first-order valence-corrected chi connectivity index (χ1v) is 4.20. The van der Waals surface area contributed by atoms with Gasteiger partial charge in [-0.1, -0.05) is 0 Å². The van der Waals surface area contributed by atoms with Crippen LogP contribution in [0.1, 0.15) is 10.5 Å². The summed E-state index contributed by atoms with van der Waals surface area (Å²) in [7, 11) is 0. The van der Waals surface area contributed by atoms with Crippen LogP contribution in [0.15, 0.2) is 17.0 Å². The Hall–Kier alpha value is -1.43. The van der Waals surface area contributed by atoms with Gasteiger partial charge in [0.1, 0.15) is 22.3 Å². The van der Waals surface area contributed by atoms with E-state index in [4.69, 9.17) is 5.11 Å². The average molecular weight is 242 g/mol. The van der Waals surface area contributed by atoms with Gasteiger partial charge in [-0.05, 0) is 22.0 Å². The number of rotatable bonds is 1. The minimum Gasteiger partial charge on any atom is -0.477 e. The minimum atomic E-state index is -1.01. The third-order valence-electron chi connectivity index (χ3n) is 1.61. The summed E-state index contributed by atoms with van der Waals surface area (Å²) in [6.45, 7) is 0. The number of nitrogens with zero attached hydrogens (tertiary/aromatic N) is 2. The summed E-state index contributed by atoms with van der Waals surface area (Å²) in [6.07, 6.45) is 1.36. The van der Waals surface area contributed by atoms with Crippen LogP contribution < -0.4 is 0 Å². The summed E-state index contributed by atoms with van der Waals surface area (Å²) in [4.78, 5) is 21.0. The van der Waals surface area contributed by atoms with E-state index in [2.05, 4.69) is 30.9 Å². The predicted molar refractivity (Wildman–Crippen MR) is 48.5 cm³/mol. The molecular weight excluding hydrogens is 238 g/mol. The molecule has 0 amide bonds. The molecule has 5 nitrogen and oxygen atoms in total. The maximum Gasteiger partial charge on any atom is 0.352 e. The number of aromatic carboxylic acids is 1. The fourth-order valence-corrected chi connectivity index (χ4v) is 1.42. The van der Waals surface area contributed by atoms with Crippen molar-refractivity contribution in [3.63, 3.8) is 0 Å².